The summed E-state index contributed by atoms with van der Waals surface area (Å²) >= 11 is 3.98. The first-order chi connectivity index (χ1) is 6.63. The minimum Gasteiger partial charge on any atom is -0.461 e. The molecule has 1 amide bonds. The molecule has 1 saturated carbocycles. The molecule has 0 radical (unpaired) electrons. The van der Waals surface area contributed by atoms with Crippen LogP contribution in [0, 0.1) is 0 Å². The highest BCUT2D eigenvalue weighted by Crippen LogP contribution is 2.22. The lowest BCUT2D eigenvalue weighted by atomic mass is 9.96. The van der Waals surface area contributed by atoms with Gasteiger partial charge in [0.1, 0.15) is 12.1 Å². The maximum absolute atomic E-state index is 11.4. The largest absolute Gasteiger partial charge is 0.461 e. The number of carbonyl (C=O) groups excluding carboxylic acids is 2. The summed E-state index contributed by atoms with van der Waals surface area (Å²) in [5.41, 5.74) is 0. The van der Waals surface area contributed by atoms with E-state index < -0.39 is 6.04 Å². The molecule has 0 aromatic heterocycles. The Hall–Kier alpha value is -0.710. The smallest absolute Gasteiger partial charge is 0.329 e. The van der Waals surface area contributed by atoms with Crippen LogP contribution < -0.4 is 5.32 Å². The Balaban J connectivity index is 2.34. The van der Waals surface area contributed by atoms with Crippen molar-refractivity contribution >= 4 is 24.5 Å². The number of hydrogen-bond donors (Lipinski definition) is 2. The van der Waals surface area contributed by atoms with Gasteiger partial charge in [-0.15, -0.1) is 0 Å². The van der Waals surface area contributed by atoms with Crippen molar-refractivity contribution in [2.45, 2.75) is 38.3 Å². The lowest BCUT2D eigenvalue weighted by Gasteiger charge is -2.27. The molecule has 0 aliphatic heterocycles. The van der Waals surface area contributed by atoms with Gasteiger partial charge in [0, 0.05) is 12.7 Å². The molecule has 1 atom stereocenters. The van der Waals surface area contributed by atoms with Crippen molar-refractivity contribution in [1.29, 1.82) is 0 Å². The second-order valence-corrected chi connectivity index (χ2v) is 3.79. The summed E-state index contributed by atoms with van der Waals surface area (Å²) in [7, 11) is 0. The molecular formula is C9H15NO3S. The topological polar surface area (TPSA) is 55.4 Å². The molecule has 80 valence electrons. The van der Waals surface area contributed by atoms with E-state index in [2.05, 4.69) is 17.9 Å². The predicted octanol–water partition coefficient (Wildman–Crippen LogP) is 0.517. The number of thiol groups is 1. The van der Waals surface area contributed by atoms with E-state index in [9.17, 15) is 9.59 Å². The molecule has 0 heterocycles. The lowest BCUT2D eigenvalue weighted by molar-refractivity contribution is -0.155. The third-order valence-electron chi connectivity index (χ3n) is 2.18. The summed E-state index contributed by atoms with van der Waals surface area (Å²) in [4.78, 5) is 22.2. The maximum atomic E-state index is 11.4. The zero-order valence-corrected chi connectivity index (χ0v) is 9.05. The van der Waals surface area contributed by atoms with Crippen LogP contribution in [0.3, 0.4) is 0 Å². The van der Waals surface area contributed by atoms with Crippen LogP contribution in [0.25, 0.3) is 0 Å². The standard InChI is InChI=1S/C9H15NO3S/c1-6(11)10-8(5-14)9(12)13-7-3-2-4-7/h7-8,14H,2-5H2,1H3,(H,10,11). The Morgan fingerprint density at radius 2 is 2.21 bits per heavy atom. The summed E-state index contributed by atoms with van der Waals surface area (Å²) in [5.74, 6) is -0.347. The number of amides is 1. The van der Waals surface area contributed by atoms with Gasteiger partial charge < -0.3 is 10.1 Å². The van der Waals surface area contributed by atoms with E-state index in [0.29, 0.717) is 0 Å². The number of nitrogens with one attached hydrogen (secondary N) is 1. The van der Waals surface area contributed by atoms with E-state index in [0.717, 1.165) is 19.3 Å². The van der Waals surface area contributed by atoms with Gasteiger partial charge in [0.15, 0.2) is 0 Å². The summed E-state index contributed by atoms with van der Waals surface area (Å²) in [5, 5.41) is 2.49. The van der Waals surface area contributed by atoms with Crippen LogP contribution >= 0.6 is 12.6 Å². The normalized spacial score (nSPS) is 18.1. The Labute approximate surface area is 88.8 Å². The van der Waals surface area contributed by atoms with Crippen molar-refractivity contribution in [1.82, 2.24) is 5.32 Å². The zero-order chi connectivity index (χ0) is 10.6. The maximum Gasteiger partial charge on any atom is 0.329 e. The van der Waals surface area contributed by atoms with Gasteiger partial charge in [-0.2, -0.15) is 12.6 Å². The summed E-state index contributed by atoms with van der Waals surface area (Å²) in [6, 6.07) is -0.614. The van der Waals surface area contributed by atoms with Gasteiger partial charge in [-0.1, -0.05) is 0 Å². The van der Waals surface area contributed by atoms with E-state index in [1.807, 2.05) is 0 Å². The van der Waals surface area contributed by atoms with Gasteiger partial charge in [0.05, 0.1) is 0 Å². The van der Waals surface area contributed by atoms with E-state index in [-0.39, 0.29) is 23.7 Å². The molecule has 0 saturated heterocycles. The number of ether oxygens (including phenoxy) is 1. The highest BCUT2D eigenvalue weighted by atomic mass is 32.1. The second-order valence-electron chi connectivity index (χ2n) is 3.43. The van der Waals surface area contributed by atoms with Crippen LogP contribution in [-0.2, 0) is 14.3 Å². The summed E-state index contributed by atoms with van der Waals surface area (Å²) < 4.78 is 5.14. The van der Waals surface area contributed by atoms with Crippen molar-refractivity contribution in [3.63, 3.8) is 0 Å². The quantitative estimate of drug-likeness (QED) is 0.533. The van der Waals surface area contributed by atoms with E-state index in [4.69, 9.17) is 4.74 Å². The summed E-state index contributed by atoms with van der Waals surface area (Å²) in [6.45, 7) is 1.37. The van der Waals surface area contributed by atoms with Gasteiger partial charge in [0.2, 0.25) is 5.91 Å². The van der Waals surface area contributed by atoms with Crippen molar-refractivity contribution in [3.8, 4) is 0 Å². The second kappa shape index (κ2) is 5.24. The molecule has 4 nitrogen and oxygen atoms in total. The van der Waals surface area contributed by atoms with Crippen molar-refractivity contribution in [2.75, 3.05) is 5.75 Å². The Morgan fingerprint density at radius 1 is 1.57 bits per heavy atom. The fourth-order valence-electron chi connectivity index (χ4n) is 1.16. The average molecular weight is 217 g/mol. The highest BCUT2D eigenvalue weighted by molar-refractivity contribution is 7.80. The first kappa shape index (κ1) is 11.4. The van der Waals surface area contributed by atoms with Crippen LogP contribution in [0.5, 0.6) is 0 Å². The molecule has 1 unspecified atom stereocenters. The van der Waals surface area contributed by atoms with Crippen LogP contribution in [0.2, 0.25) is 0 Å². The fourth-order valence-corrected chi connectivity index (χ4v) is 1.40. The SMILES string of the molecule is CC(=O)NC(CS)C(=O)OC1CCC1. The number of rotatable bonds is 4. The van der Waals surface area contributed by atoms with Gasteiger partial charge in [-0.25, -0.2) is 4.79 Å². The molecule has 1 rings (SSSR count). The van der Waals surface area contributed by atoms with Gasteiger partial charge in [0.25, 0.3) is 0 Å². The molecule has 0 bridgehead atoms. The zero-order valence-electron chi connectivity index (χ0n) is 8.16. The monoisotopic (exact) mass is 217 g/mol. The summed E-state index contributed by atoms with van der Waals surface area (Å²) in [6.07, 6.45) is 3.04. The molecule has 1 N–H and O–H groups in total. The first-order valence-electron chi connectivity index (χ1n) is 4.72. The molecule has 0 aromatic carbocycles. The number of hydrogen-bond acceptors (Lipinski definition) is 4. The molecule has 1 fully saturated rings. The number of carbonyl (C=O) groups is 2. The Bertz CT molecular complexity index is 228. The minimum absolute atomic E-state index is 0.0543. The lowest BCUT2D eigenvalue weighted by Crippen LogP contribution is -2.44. The minimum atomic E-state index is -0.614. The van der Waals surface area contributed by atoms with Gasteiger partial charge >= 0.3 is 5.97 Å². The highest BCUT2D eigenvalue weighted by Gasteiger charge is 2.26. The van der Waals surface area contributed by atoms with E-state index in [1.165, 1.54) is 6.92 Å². The van der Waals surface area contributed by atoms with E-state index >= 15 is 0 Å². The predicted molar refractivity (Wildman–Crippen MR) is 55.2 cm³/mol. The Kier molecular flexibility index (Phi) is 4.25. The van der Waals surface area contributed by atoms with Crippen molar-refractivity contribution < 1.29 is 14.3 Å². The molecule has 1 aliphatic carbocycles. The van der Waals surface area contributed by atoms with Crippen LogP contribution in [-0.4, -0.2) is 29.8 Å². The van der Waals surface area contributed by atoms with Crippen LogP contribution in [0.15, 0.2) is 0 Å². The fraction of sp³-hybridized carbons (Fsp3) is 0.778. The number of esters is 1. The van der Waals surface area contributed by atoms with Gasteiger partial charge in [-0.3, -0.25) is 4.79 Å². The third-order valence-corrected chi connectivity index (χ3v) is 2.54. The molecular weight excluding hydrogens is 202 g/mol. The molecule has 0 spiro atoms. The van der Waals surface area contributed by atoms with Crippen molar-refractivity contribution in [3.05, 3.63) is 0 Å². The van der Waals surface area contributed by atoms with E-state index in [1.54, 1.807) is 0 Å². The average Bonchev–Trinajstić information content (AvgIpc) is 2.06. The molecule has 5 heteroatoms. The third kappa shape index (κ3) is 3.21. The first-order valence-corrected chi connectivity index (χ1v) is 5.35. The Morgan fingerprint density at radius 3 is 2.57 bits per heavy atom. The van der Waals surface area contributed by atoms with Crippen molar-refractivity contribution in [2.24, 2.45) is 0 Å². The van der Waals surface area contributed by atoms with Crippen LogP contribution in [0.1, 0.15) is 26.2 Å². The van der Waals surface area contributed by atoms with Crippen LogP contribution in [0.4, 0.5) is 0 Å². The molecule has 14 heavy (non-hydrogen) atoms. The van der Waals surface area contributed by atoms with Gasteiger partial charge in [-0.05, 0) is 19.3 Å². The molecule has 0 aromatic rings. The molecule has 1 aliphatic rings.